The lowest BCUT2D eigenvalue weighted by Crippen LogP contribution is -2.31. The molecule has 3 heterocycles. The standard InChI is InChI=1S/C20H15ClN2O5/c1-10-6-7-14(27-10)18(24)16-17(12-4-3-5-13(21)9-12)23(20(26)19(16)25)15-8-11(2)28-22-15/h3-9,17,25H,1-2H3/t17-/m0/s1. The van der Waals surface area contributed by atoms with Gasteiger partial charge in [0.1, 0.15) is 11.5 Å². The molecular formula is C20H15ClN2O5. The zero-order valence-electron chi connectivity index (χ0n) is 15.0. The van der Waals surface area contributed by atoms with Gasteiger partial charge in [0.25, 0.3) is 5.91 Å². The van der Waals surface area contributed by atoms with Crippen LogP contribution < -0.4 is 4.90 Å². The van der Waals surface area contributed by atoms with Gasteiger partial charge in [-0.05, 0) is 43.7 Å². The lowest BCUT2D eigenvalue weighted by Gasteiger charge is -2.24. The molecule has 1 aromatic carbocycles. The zero-order valence-corrected chi connectivity index (χ0v) is 15.7. The Labute approximate surface area is 164 Å². The predicted molar refractivity (Wildman–Crippen MR) is 100 cm³/mol. The molecule has 1 amide bonds. The van der Waals surface area contributed by atoms with Crippen LogP contribution in [0.1, 0.15) is 33.7 Å². The Bertz CT molecular complexity index is 1130. The number of aryl methyl sites for hydroxylation is 2. The number of hydrogen-bond acceptors (Lipinski definition) is 6. The summed E-state index contributed by atoms with van der Waals surface area (Å²) in [5.41, 5.74) is 0.430. The molecule has 1 aliphatic heterocycles. The summed E-state index contributed by atoms with van der Waals surface area (Å²) in [7, 11) is 0. The van der Waals surface area contributed by atoms with E-state index in [0.29, 0.717) is 22.1 Å². The maximum Gasteiger partial charge on any atom is 0.295 e. The zero-order chi connectivity index (χ0) is 20.0. The molecule has 0 unspecified atom stereocenters. The van der Waals surface area contributed by atoms with Crippen LogP contribution in [0, 0.1) is 13.8 Å². The fourth-order valence-corrected chi connectivity index (χ4v) is 3.42. The van der Waals surface area contributed by atoms with Gasteiger partial charge in [0.2, 0.25) is 5.78 Å². The normalized spacial score (nSPS) is 16.9. The van der Waals surface area contributed by atoms with E-state index in [2.05, 4.69) is 5.16 Å². The average Bonchev–Trinajstić information content (AvgIpc) is 3.34. The molecule has 2 aromatic heterocycles. The number of hydrogen-bond donors (Lipinski definition) is 1. The third kappa shape index (κ3) is 2.90. The van der Waals surface area contributed by atoms with Gasteiger partial charge in [-0.2, -0.15) is 0 Å². The fraction of sp³-hybridized carbons (Fsp3) is 0.150. The highest BCUT2D eigenvalue weighted by molar-refractivity contribution is 6.30. The van der Waals surface area contributed by atoms with Crippen molar-refractivity contribution in [2.45, 2.75) is 19.9 Å². The van der Waals surface area contributed by atoms with E-state index in [1.54, 1.807) is 50.2 Å². The SMILES string of the molecule is Cc1cc(N2C(=O)C(O)=C(C(=O)c3ccc(C)o3)[C@@H]2c2cccc(Cl)c2)no1. The van der Waals surface area contributed by atoms with Crippen molar-refractivity contribution in [2.75, 3.05) is 4.90 Å². The Morgan fingerprint density at radius 1 is 1.18 bits per heavy atom. The van der Waals surface area contributed by atoms with E-state index in [-0.39, 0.29) is 17.2 Å². The summed E-state index contributed by atoms with van der Waals surface area (Å²) in [6, 6.07) is 10.5. The highest BCUT2D eigenvalue weighted by atomic mass is 35.5. The van der Waals surface area contributed by atoms with Crippen molar-refractivity contribution in [3.05, 3.63) is 81.7 Å². The van der Waals surface area contributed by atoms with Crippen molar-refractivity contribution in [1.82, 2.24) is 5.16 Å². The molecular weight excluding hydrogens is 384 g/mol. The molecule has 0 fully saturated rings. The molecule has 28 heavy (non-hydrogen) atoms. The Morgan fingerprint density at radius 2 is 1.96 bits per heavy atom. The summed E-state index contributed by atoms with van der Waals surface area (Å²) in [5, 5.41) is 14.9. The molecule has 1 aliphatic rings. The Morgan fingerprint density at radius 3 is 2.57 bits per heavy atom. The first-order valence-corrected chi connectivity index (χ1v) is 8.81. The van der Waals surface area contributed by atoms with Crippen LogP contribution in [0.3, 0.4) is 0 Å². The van der Waals surface area contributed by atoms with Gasteiger partial charge in [-0.25, -0.2) is 0 Å². The maximum atomic E-state index is 13.1. The molecule has 0 radical (unpaired) electrons. The molecule has 8 heteroatoms. The predicted octanol–water partition coefficient (Wildman–Crippen LogP) is 4.32. The van der Waals surface area contributed by atoms with E-state index in [1.165, 1.54) is 11.0 Å². The highest BCUT2D eigenvalue weighted by Gasteiger charge is 2.46. The van der Waals surface area contributed by atoms with E-state index >= 15 is 0 Å². The van der Waals surface area contributed by atoms with Gasteiger partial charge in [-0.15, -0.1) is 0 Å². The van der Waals surface area contributed by atoms with Gasteiger partial charge in [0.05, 0.1) is 11.6 Å². The van der Waals surface area contributed by atoms with Gasteiger partial charge in [-0.3, -0.25) is 14.5 Å². The van der Waals surface area contributed by atoms with Gasteiger partial charge in [0, 0.05) is 11.1 Å². The summed E-state index contributed by atoms with van der Waals surface area (Å²) in [4.78, 5) is 27.2. The molecule has 7 nitrogen and oxygen atoms in total. The number of ketones is 1. The number of furan rings is 1. The number of carbonyl (C=O) groups excluding carboxylic acids is 2. The molecule has 0 aliphatic carbocycles. The number of benzene rings is 1. The number of aliphatic hydroxyl groups excluding tert-OH is 1. The molecule has 0 saturated heterocycles. The minimum atomic E-state index is -0.936. The third-order valence-electron chi connectivity index (χ3n) is 4.44. The lowest BCUT2D eigenvalue weighted by atomic mass is 9.95. The van der Waals surface area contributed by atoms with Crippen LogP contribution in [-0.4, -0.2) is 22.0 Å². The third-order valence-corrected chi connectivity index (χ3v) is 4.68. The molecule has 0 bridgehead atoms. The minimum absolute atomic E-state index is 0.0251. The lowest BCUT2D eigenvalue weighted by molar-refractivity contribution is -0.117. The number of aromatic nitrogens is 1. The largest absolute Gasteiger partial charge is 0.503 e. The highest BCUT2D eigenvalue weighted by Crippen LogP contribution is 2.42. The number of amides is 1. The van der Waals surface area contributed by atoms with E-state index in [0.717, 1.165) is 0 Å². The van der Waals surface area contributed by atoms with E-state index in [1.807, 2.05) is 0 Å². The molecule has 4 rings (SSSR count). The number of halogens is 1. The average molecular weight is 399 g/mol. The van der Waals surface area contributed by atoms with Gasteiger partial charge in [-0.1, -0.05) is 28.9 Å². The summed E-state index contributed by atoms with van der Waals surface area (Å²) in [6.45, 7) is 3.38. The number of rotatable bonds is 4. The van der Waals surface area contributed by atoms with E-state index < -0.39 is 23.5 Å². The summed E-state index contributed by atoms with van der Waals surface area (Å²) in [5.74, 6) is -0.791. The second-order valence-electron chi connectivity index (χ2n) is 6.43. The van der Waals surface area contributed by atoms with Crippen molar-refractivity contribution in [1.29, 1.82) is 0 Å². The van der Waals surface area contributed by atoms with Crippen LogP contribution in [0.25, 0.3) is 0 Å². The number of nitrogens with zero attached hydrogens (tertiary/aromatic N) is 2. The maximum absolute atomic E-state index is 13.1. The smallest absolute Gasteiger partial charge is 0.295 e. The van der Waals surface area contributed by atoms with E-state index in [4.69, 9.17) is 20.5 Å². The molecule has 1 atom stereocenters. The van der Waals surface area contributed by atoms with Crippen LogP contribution in [0.15, 0.2) is 62.7 Å². The first kappa shape index (κ1) is 18.1. The van der Waals surface area contributed by atoms with E-state index in [9.17, 15) is 14.7 Å². The first-order chi connectivity index (χ1) is 13.4. The van der Waals surface area contributed by atoms with Crippen molar-refractivity contribution in [2.24, 2.45) is 0 Å². The molecule has 3 aromatic rings. The first-order valence-electron chi connectivity index (χ1n) is 8.43. The summed E-state index contributed by atoms with van der Waals surface area (Å²) < 4.78 is 10.5. The topological polar surface area (TPSA) is 96.8 Å². The number of aliphatic hydroxyl groups is 1. The minimum Gasteiger partial charge on any atom is -0.503 e. The summed E-state index contributed by atoms with van der Waals surface area (Å²) in [6.07, 6.45) is 0. The summed E-state index contributed by atoms with van der Waals surface area (Å²) >= 11 is 6.12. The Kier molecular flexibility index (Phi) is 4.31. The monoisotopic (exact) mass is 398 g/mol. The van der Waals surface area contributed by atoms with Crippen LogP contribution in [0.4, 0.5) is 5.82 Å². The molecule has 0 saturated carbocycles. The van der Waals surface area contributed by atoms with Crippen molar-refractivity contribution in [3.63, 3.8) is 0 Å². The van der Waals surface area contributed by atoms with Crippen LogP contribution in [-0.2, 0) is 4.79 Å². The molecule has 1 N–H and O–H groups in total. The Balaban J connectivity index is 1.89. The fourth-order valence-electron chi connectivity index (χ4n) is 3.22. The van der Waals surface area contributed by atoms with Gasteiger partial charge in [0.15, 0.2) is 17.3 Å². The number of Topliss-reactive ketones (excluding diaryl/α,β-unsaturated/α-hetero) is 1. The number of carbonyl (C=O) groups is 2. The van der Waals surface area contributed by atoms with Crippen LogP contribution in [0.5, 0.6) is 0 Å². The van der Waals surface area contributed by atoms with Gasteiger partial charge >= 0.3 is 0 Å². The Hall–Kier alpha value is -3.32. The second-order valence-corrected chi connectivity index (χ2v) is 6.87. The van der Waals surface area contributed by atoms with Gasteiger partial charge < -0.3 is 14.0 Å². The quantitative estimate of drug-likeness (QED) is 0.657. The van der Waals surface area contributed by atoms with Crippen molar-refractivity contribution >= 4 is 29.1 Å². The van der Waals surface area contributed by atoms with Crippen LogP contribution in [0.2, 0.25) is 5.02 Å². The van der Waals surface area contributed by atoms with Crippen molar-refractivity contribution in [3.8, 4) is 0 Å². The molecule has 142 valence electrons. The molecule has 0 spiro atoms. The van der Waals surface area contributed by atoms with Crippen molar-refractivity contribution < 1.29 is 23.6 Å². The second kappa shape index (κ2) is 6.69. The number of anilines is 1. The van der Waals surface area contributed by atoms with Crippen LogP contribution >= 0.6 is 11.6 Å².